The van der Waals surface area contributed by atoms with Gasteiger partial charge in [-0.05, 0) is 36.6 Å². The molecule has 9 heteroatoms. The largest absolute Gasteiger partial charge is 0.480 e. The lowest BCUT2D eigenvalue weighted by Crippen LogP contribution is -2.29. The standard InChI is InChI=1S/C15H16N2O6S/c1-16-6-2-3-10-11-7-9(24(21,22)23)4-5-12(11)17(8-13(18)19)14(10)15(16)20/h4-5,7H,2-3,6,8H2,1H3,(H,18,19)(H,21,22,23). The van der Waals surface area contributed by atoms with E-state index in [1.54, 1.807) is 7.05 Å². The van der Waals surface area contributed by atoms with Crippen molar-refractivity contribution in [1.29, 1.82) is 0 Å². The molecule has 0 saturated carbocycles. The van der Waals surface area contributed by atoms with Gasteiger partial charge < -0.3 is 14.6 Å². The zero-order valence-corrected chi connectivity index (χ0v) is 13.7. The van der Waals surface area contributed by atoms with Crippen LogP contribution in [0.2, 0.25) is 0 Å². The Morgan fingerprint density at radius 3 is 2.67 bits per heavy atom. The first-order valence-corrected chi connectivity index (χ1v) is 8.74. The summed E-state index contributed by atoms with van der Waals surface area (Å²) in [5, 5.41) is 9.65. The molecular formula is C15H16N2O6S. The number of aliphatic carboxylic acids is 1. The van der Waals surface area contributed by atoms with Crippen LogP contribution in [0.1, 0.15) is 22.5 Å². The van der Waals surface area contributed by atoms with Gasteiger partial charge in [0.05, 0.1) is 4.90 Å². The van der Waals surface area contributed by atoms with E-state index in [1.807, 2.05) is 0 Å². The Kier molecular flexibility index (Phi) is 3.84. The van der Waals surface area contributed by atoms with Gasteiger partial charge in [-0.2, -0.15) is 8.42 Å². The molecule has 1 aliphatic rings. The Labute approximate surface area is 138 Å². The number of benzene rings is 1. The number of amides is 1. The Balaban J connectivity index is 2.37. The van der Waals surface area contributed by atoms with E-state index in [9.17, 15) is 27.7 Å². The van der Waals surface area contributed by atoms with Crippen molar-refractivity contribution in [1.82, 2.24) is 9.47 Å². The van der Waals surface area contributed by atoms with Crippen LogP contribution in [0, 0.1) is 0 Å². The summed E-state index contributed by atoms with van der Waals surface area (Å²) in [5.41, 5.74) is 1.34. The summed E-state index contributed by atoms with van der Waals surface area (Å²) in [6.45, 7) is 0.122. The molecule has 1 aliphatic heterocycles. The Morgan fingerprint density at radius 1 is 1.33 bits per heavy atom. The molecule has 1 amide bonds. The monoisotopic (exact) mass is 352 g/mol. The average molecular weight is 352 g/mol. The Bertz CT molecular complexity index is 960. The van der Waals surface area contributed by atoms with Gasteiger partial charge in [0.15, 0.2) is 0 Å². The van der Waals surface area contributed by atoms with Gasteiger partial charge in [0, 0.05) is 24.5 Å². The second-order valence-corrected chi connectivity index (χ2v) is 7.21. The van der Waals surface area contributed by atoms with Crippen molar-refractivity contribution in [3.63, 3.8) is 0 Å². The summed E-state index contributed by atoms with van der Waals surface area (Å²) in [5.74, 6) is -1.40. The van der Waals surface area contributed by atoms with Crippen molar-refractivity contribution >= 4 is 32.9 Å². The van der Waals surface area contributed by atoms with Crippen molar-refractivity contribution in [3.05, 3.63) is 29.5 Å². The number of carboxylic acids is 1. The maximum atomic E-state index is 12.6. The van der Waals surface area contributed by atoms with Crippen LogP contribution in [0.25, 0.3) is 10.9 Å². The third-order valence-corrected chi connectivity index (χ3v) is 5.05. The fourth-order valence-corrected chi connectivity index (χ4v) is 3.64. The molecule has 2 N–H and O–H groups in total. The molecule has 0 aliphatic carbocycles. The van der Waals surface area contributed by atoms with Crippen LogP contribution in [0.3, 0.4) is 0 Å². The van der Waals surface area contributed by atoms with Gasteiger partial charge in [-0.15, -0.1) is 0 Å². The number of carbonyl (C=O) groups is 2. The maximum Gasteiger partial charge on any atom is 0.323 e. The smallest absolute Gasteiger partial charge is 0.323 e. The molecule has 0 unspecified atom stereocenters. The number of rotatable bonds is 3. The van der Waals surface area contributed by atoms with Crippen LogP contribution in [0.4, 0.5) is 0 Å². The average Bonchev–Trinajstić information content (AvgIpc) is 2.69. The zero-order valence-electron chi connectivity index (χ0n) is 12.9. The summed E-state index contributed by atoms with van der Waals surface area (Å²) in [4.78, 5) is 25.1. The van der Waals surface area contributed by atoms with Crippen molar-refractivity contribution in [2.45, 2.75) is 24.3 Å². The van der Waals surface area contributed by atoms with Crippen molar-refractivity contribution in [3.8, 4) is 0 Å². The summed E-state index contributed by atoms with van der Waals surface area (Å²) in [6.07, 6.45) is 1.20. The second-order valence-electron chi connectivity index (χ2n) is 5.79. The van der Waals surface area contributed by atoms with E-state index < -0.39 is 22.6 Å². The summed E-state index contributed by atoms with van der Waals surface area (Å²) in [7, 11) is -2.75. The molecule has 1 aromatic carbocycles. The lowest BCUT2D eigenvalue weighted by molar-refractivity contribution is -0.137. The highest BCUT2D eigenvalue weighted by Crippen LogP contribution is 2.32. The Hall–Kier alpha value is -2.39. The van der Waals surface area contributed by atoms with E-state index in [0.717, 1.165) is 0 Å². The number of aryl methyl sites for hydroxylation is 1. The minimum Gasteiger partial charge on any atom is -0.480 e. The van der Waals surface area contributed by atoms with Crippen LogP contribution in [0.5, 0.6) is 0 Å². The lowest BCUT2D eigenvalue weighted by atomic mass is 10.1. The summed E-state index contributed by atoms with van der Waals surface area (Å²) < 4.78 is 33.4. The summed E-state index contributed by atoms with van der Waals surface area (Å²) >= 11 is 0. The second kappa shape index (κ2) is 5.60. The topological polar surface area (TPSA) is 117 Å². The minimum atomic E-state index is -4.39. The number of aromatic nitrogens is 1. The molecule has 8 nitrogen and oxygen atoms in total. The van der Waals surface area contributed by atoms with Crippen LogP contribution in [0.15, 0.2) is 23.1 Å². The van der Waals surface area contributed by atoms with E-state index >= 15 is 0 Å². The first kappa shape index (κ1) is 16.5. The summed E-state index contributed by atoms with van der Waals surface area (Å²) in [6, 6.07) is 3.91. The van der Waals surface area contributed by atoms with E-state index in [2.05, 4.69) is 0 Å². The third-order valence-electron chi connectivity index (χ3n) is 4.20. The van der Waals surface area contributed by atoms with Crippen LogP contribution >= 0.6 is 0 Å². The molecule has 24 heavy (non-hydrogen) atoms. The molecule has 0 atom stereocenters. The highest BCUT2D eigenvalue weighted by molar-refractivity contribution is 7.85. The molecule has 0 spiro atoms. The Morgan fingerprint density at radius 2 is 2.04 bits per heavy atom. The van der Waals surface area contributed by atoms with Gasteiger partial charge in [-0.25, -0.2) is 0 Å². The van der Waals surface area contributed by atoms with Gasteiger partial charge in [-0.3, -0.25) is 14.1 Å². The van der Waals surface area contributed by atoms with Gasteiger partial charge in [0.25, 0.3) is 16.0 Å². The molecule has 3 rings (SSSR count). The van der Waals surface area contributed by atoms with E-state index in [1.165, 1.54) is 27.7 Å². The molecule has 2 aromatic rings. The number of hydrogen-bond acceptors (Lipinski definition) is 4. The first-order valence-electron chi connectivity index (χ1n) is 7.30. The molecule has 2 heterocycles. The van der Waals surface area contributed by atoms with Crippen molar-refractivity contribution < 1.29 is 27.7 Å². The molecule has 0 fully saturated rings. The lowest BCUT2D eigenvalue weighted by Gasteiger charge is -2.15. The molecule has 1 aromatic heterocycles. The van der Waals surface area contributed by atoms with E-state index in [0.29, 0.717) is 35.9 Å². The zero-order chi connectivity index (χ0) is 17.6. The quantitative estimate of drug-likeness (QED) is 0.796. The highest BCUT2D eigenvalue weighted by Gasteiger charge is 2.29. The van der Waals surface area contributed by atoms with Crippen molar-refractivity contribution in [2.24, 2.45) is 0 Å². The van der Waals surface area contributed by atoms with Gasteiger partial charge in [0.2, 0.25) is 0 Å². The molecule has 0 bridgehead atoms. The molecule has 128 valence electrons. The maximum absolute atomic E-state index is 12.6. The molecule has 0 radical (unpaired) electrons. The predicted octanol–water partition coefficient (Wildman–Crippen LogP) is 0.991. The van der Waals surface area contributed by atoms with Crippen LogP contribution in [-0.4, -0.2) is 53.0 Å². The number of fused-ring (bicyclic) bond motifs is 3. The minimum absolute atomic E-state index is 0.264. The number of carbonyl (C=O) groups excluding carboxylic acids is 1. The normalized spacial score (nSPS) is 15.4. The van der Waals surface area contributed by atoms with Gasteiger partial charge in [0.1, 0.15) is 12.2 Å². The third kappa shape index (κ3) is 2.65. The fourth-order valence-electron chi connectivity index (χ4n) is 3.14. The molecular weight excluding hydrogens is 336 g/mol. The highest BCUT2D eigenvalue weighted by atomic mass is 32.2. The van der Waals surface area contributed by atoms with E-state index in [-0.39, 0.29) is 16.5 Å². The van der Waals surface area contributed by atoms with Gasteiger partial charge in [-0.1, -0.05) is 0 Å². The van der Waals surface area contributed by atoms with E-state index in [4.69, 9.17) is 0 Å². The number of hydrogen-bond donors (Lipinski definition) is 2. The molecule has 0 saturated heterocycles. The first-order chi connectivity index (χ1) is 11.2. The van der Waals surface area contributed by atoms with Gasteiger partial charge >= 0.3 is 5.97 Å². The number of carboxylic acid groups (broad SMARTS) is 1. The SMILES string of the molecule is CN1CCCc2c(n(CC(=O)O)c3ccc(S(=O)(=O)O)cc23)C1=O. The van der Waals surface area contributed by atoms with Crippen molar-refractivity contribution in [2.75, 3.05) is 13.6 Å². The van der Waals surface area contributed by atoms with Crippen LogP contribution in [-0.2, 0) is 27.9 Å². The predicted molar refractivity (Wildman–Crippen MR) is 84.7 cm³/mol. The van der Waals surface area contributed by atoms with Crippen LogP contribution < -0.4 is 0 Å². The fraction of sp³-hybridized carbons (Fsp3) is 0.333. The number of nitrogens with zero attached hydrogens (tertiary/aromatic N) is 2.